The molecule has 0 unspecified atom stereocenters. The molecule has 1 aromatic carbocycles. The van der Waals surface area contributed by atoms with Gasteiger partial charge in [0.1, 0.15) is 28.9 Å². The van der Waals surface area contributed by atoms with Gasteiger partial charge in [-0.3, -0.25) is 14.7 Å². The molecule has 4 heterocycles. The minimum absolute atomic E-state index is 0.0175. The molecule has 2 amide bonds. The molecule has 10 nitrogen and oxygen atoms in total. The lowest BCUT2D eigenvalue weighted by Gasteiger charge is -2.45. The number of rotatable bonds is 3. The number of nitrogens with one attached hydrogen (secondary N) is 1. The number of hydrogen-bond acceptors (Lipinski definition) is 6. The number of halogens is 2. The van der Waals surface area contributed by atoms with Crippen molar-refractivity contribution in [2.45, 2.75) is 26.3 Å². The van der Waals surface area contributed by atoms with Gasteiger partial charge in [-0.15, -0.1) is 0 Å². The Morgan fingerprint density at radius 3 is 2.66 bits per heavy atom. The van der Waals surface area contributed by atoms with Crippen LogP contribution < -0.4 is 10.6 Å². The van der Waals surface area contributed by atoms with Crippen molar-refractivity contribution in [1.82, 2.24) is 29.7 Å². The standard InChI is InChI=1S/C23H22F2N8O2/c1-12(34)32-7-6-31(22(35)23(32,2)3)20-16(24)5-4-14(18(20)25)17-8-15(13-9-28-29-10-13)19-21(26)27-11-30-33(17)19/h4-5,8-11H,6-7H2,1-3H3,(H,28,29)(H2,26,27,30). The summed E-state index contributed by atoms with van der Waals surface area (Å²) in [6.07, 6.45) is 4.46. The number of anilines is 2. The zero-order valence-corrected chi connectivity index (χ0v) is 19.2. The molecule has 0 radical (unpaired) electrons. The van der Waals surface area contributed by atoms with Gasteiger partial charge in [-0.2, -0.15) is 10.2 Å². The fourth-order valence-corrected chi connectivity index (χ4v) is 4.66. The maximum Gasteiger partial charge on any atom is 0.252 e. The summed E-state index contributed by atoms with van der Waals surface area (Å²) >= 11 is 0. The van der Waals surface area contributed by atoms with Gasteiger partial charge >= 0.3 is 0 Å². The predicted octanol–water partition coefficient (Wildman–Crippen LogP) is 2.62. The predicted molar refractivity (Wildman–Crippen MR) is 124 cm³/mol. The van der Waals surface area contributed by atoms with Gasteiger partial charge in [-0.25, -0.2) is 18.3 Å². The number of hydrogen-bond donors (Lipinski definition) is 2. The first-order valence-electron chi connectivity index (χ1n) is 10.8. The van der Waals surface area contributed by atoms with E-state index in [1.807, 2.05) is 0 Å². The number of H-pyrrole nitrogens is 1. The second-order valence-electron chi connectivity index (χ2n) is 8.78. The fourth-order valence-electron chi connectivity index (χ4n) is 4.66. The summed E-state index contributed by atoms with van der Waals surface area (Å²) in [6.45, 7) is 4.55. The Morgan fingerprint density at radius 1 is 1.20 bits per heavy atom. The number of piperazine rings is 1. The van der Waals surface area contributed by atoms with Gasteiger partial charge in [-0.1, -0.05) is 0 Å². The van der Waals surface area contributed by atoms with Gasteiger partial charge < -0.3 is 15.5 Å². The monoisotopic (exact) mass is 480 g/mol. The molecule has 1 aliphatic rings. The molecular formula is C23H22F2N8O2. The minimum atomic E-state index is -1.27. The quantitative estimate of drug-likeness (QED) is 0.464. The van der Waals surface area contributed by atoms with Crippen LogP contribution in [0, 0.1) is 11.6 Å². The summed E-state index contributed by atoms with van der Waals surface area (Å²) in [5, 5.41) is 10.9. The lowest BCUT2D eigenvalue weighted by atomic mass is 9.96. The van der Waals surface area contributed by atoms with Crippen molar-refractivity contribution in [2.24, 2.45) is 0 Å². The molecule has 1 saturated heterocycles. The lowest BCUT2D eigenvalue weighted by Crippen LogP contribution is -2.64. The van der Waals surface area contributed by atoms with Crippen molar-refractivity contribution in [2.75, 3.05) is 23.7 Å². The molecule has 0 saturated carbocycles. The molecule has 0 bridgehead atoms. The van der Waals surface area contributed by atoms with E-state index in [1.165, 1.54) is 28.7 Å². The van der Waals surface area contributed by atoms with Crippen molar-refractivity contribution in [3.8, 4) is 22.4 Å². The number of nitrogens with two attached hydrogens (primary N) is 1. The van der Waals surface area contributed by atoms with Gasteiger partial charge in [0, 0.05) is 42.9 Å². The van der Waals surface area contributed by atoms with Gasteiger partial charge in [0.05, 0.1) is 11.9 Å². The van der Waals surface area contributed by atoms with Gasteiger partial charge in [-0.05, 0) is 32.0 Å². The molecule has 3 N–H and O–H groups in total. The van der Waals surface area contributed by atoms with Crippen molar-refractivity contribution < 1.29 is 18.4 Å². The SMILES string of the molecule is CC(=O)N1CCN(c2c(F)ccc(-c3cc(-c4cn[nH]c4)c4c(N)ncnn34)c2F)C(=O)C1(C)C. The van der Waals surface area contributed by atoms with Crippen LogP contribution in [0.1, 0.15) is 20.8 Å². The summed E-state index contributed by atoms with van der Waals surface area (Å²) in [6, 6.07) is 4.05. The van der Waals surface area contributed by atoms with Gasteiger partial charge in [0.15, 0.2) is 11.6 Å². The molecule has 0 aliphatic carbocycles. The maximum atomic E-state index is 16.0. The molecule has 1 aliphatic heterocycles. The van der Waals surface area contributed by atoms with E-state index in [0.717, 1.165) is 11.0 Å². The van der Waals surface area contributed by atoms with Crippen LogP contribution in [0.4, 0.5) is 20.3 Å². The second-order valence-corrected chi connectivity index (χ2v) is 8.78. The first kappa shape index (κ1) is 22.4. The van der Waals surface area contributed by atoms with Gasteiger partial charge in [0.2, 0.25) is 5.91 Å². The molecule has 4 aromatic rings. The fraction of sp³-hybridized carbons (Fsp3) is 0.261. The third-order valence-corrected chi connectivity index (χ3v) is 6.38. The highest BCUT2D eigenvalue weighted by Crippen LogP contribution is 2.39. The topological polar surface area (TPSA) is 126 Å². The van der Waals surface area contributed by atoms with Crippen LogP contribution in [0.5, 0.6) is 0 Å². The van der Waals surface area contributed by atoms with Crippen LogP contribution in [-0.4, -0.2) is 60.1 Å². The van der Waals surface area contributed by atoms with Crippen LogP contribution in [-0.2, 0) is 9.59 Å². The number of benzene rings is 1. The summed E-state index contributed by atoms with van der Waals surface area (Å²) in [4.78, 5) is 31.8. The molecule has 5 rings (SSSR count). The molecule has 3 aromatic heterocycles. The Kier molecular flexibility index (Phi) is 5.04. The Bertz CT molecular complexity index is 1480. The normalized spacial score (nSPS) is 15.7. The number of amides is 2. The lowest BCUT2D eigenvalue weighted by molar-refractivity contribution is -0.145. The summed E-state index contributed by atoms with van der Waals surface area (Å²) in [7, 11) is 0. The Labute approximate surface area is 198 Å². The van der Waals surface area contributed by atoms with Crippen LogP contribution >= 0.6 is 0 Å². The average Bonchev–Trinajstić information content (AvgIpc) is 3.45. The summed E-state index contributed by atoms with van der Waals surface area (Å²) in [5.41, 5.74) is 6.38. The van der Waals surface area contributed by atoms with Crippen LogP contribution in [0.15, 0.2) is 36.9 Å². The van der Waals surface area contributed by atoms with Crippen LogP contribution in [0.25, 0.3) is 27.9 Å². The van der Waals surface area contributed by atoms with E-state index < -0.39 is 28.8 Å². The third-order valence-electron chi connectivity index (χ3n) is 6.38. The van der Waals surface area contributed by atoms with E-state index in [2.05, 4.69) is 20.3 Å². The highest BCUT2D eigenvalue weighted by atomic mass is 19.1. The van der Waals surface area contributed by atoms with Crippen molar-refractivity contribution in [1.29, 1.82) is 0 Å². The zero-order valence-electron chi connectivity index (χ0n) is 19.2. The number of nitrogens with zero attached hydrogens (tertiary/aromatic N) is 6. The largest absolute Gasteiger partial charge is 0.382 e. The first-order valence-corrected chi connectivity index (χ1v) is 10.8. The first-order chi connectivity index (χ1) is 16.6. The van der Waals surface area contributed by atoms with Gasteiger partial charge in [0.25, 0.3) is 5.91 Å². The Balaban J connectivity index is 1.68. The smallest absolute Gasteiger partial charge is 0.252 e. The van der Waals surface area contributed by atoms with Crippen molar-refractivity contribution >= 4 is 28.8 Å². The molecule has 0 atom stereocenters. The average molecular weight is 480 g/mol. The van der Waals surface area contributed by atoms with E-state index in [1.54, 1.807) is 32.3 Å². The number of carbonyl (C=O) groups excluding carboxylic acids is 2. The number of aromatic nitrogens is 5. The number of fused-ring (bicyclic) bond motifs is 1. The molecule has 35 heavy (non-hydrogen) atoms. The maximum absolute atomic E-state index is 16.0. The van der Waals surface area contributed by atoms with E-state index >= 15 is 8.78 Å². The van der Waals surface area contributed by atoms with E-state index in [9.17, 15) is 9.59 Å². The number of aromatic amines is 1. The molecule has 180 valence electrons. The Morgan fingerprint density at radius 2 is 1.97 bits per heavy atom. The highest BCUT2D eigenvalue weighted by Gasteiger charge is 2.45. The Hall–Kier alpha value is -4.35. The third kappa shape index (κ3) is 3.32. The molecular weight excluding hydrogens is 458 g/mol. The van der Waals surface area contributed by atoms with E-state index in [-0.39, 0.29) is 36.1 Å². The minimum Gasteiger partial charge on any atom is -0.382 e. The molecule has 0 spiro atoms. The highest BCUT2D eigenvalue weighted by molar-refractivity contribution is 6.03. The van der Waals surface area contributed by atoms with Crippen molar-refractivity contribution in [3.05, 3.63) is 48.6 Å². The second kappa shape index (κ2) is 7.86. The summed E-state index contributed by atoms with van der Waals surface area (Å²) in [5.74, 6) is -2.53. The van der Waals surface area contributed by atoms with Crippen LogP contribution in [0.2, 0.25) is 0 Å². The number of carbonyl (C=O) groups is 2. The van der Waals surface area contributed by atoms with Crippen molar-refractivity contribution in [3.63, 3.8) is 0 Å². The molecule has 1 fully saturated rings. The van der Waals surface area contributed by atoms with E-state index in [0.29, 0.717) is 16.6 Å². The molecule has 12 heteroatoms. The van der Waals surface area contributed by atoms with E-state index in [4.69, 9.17) is 5.73 Å². The number of nitrogen functional groups attached to an aromatic ring is 1. The van der Waals surface area contributed by atoms with Crippen LogP contribution in [0.3, 0.4) is 0 Å². The zero-order chi connectivity index (χ0) is 25.1. The summed E-state index contributed by atoms with van der Waals surface area (Å²) < 4.78 is 32.5.